The number of esters is 1. The molecule has 5 fully saturated rings. The van der Waals surface area contributed by atoms with Gasteiger partial charge in [-0.15, -0.1) is 0 Å². The molecule has 1 aliphatic carbocycles. The maximum Gasteiger partial charge on any atom is 0.307 e. The van der Waals surface area contributed by atoms with Crippen molar-refractivity contribution < 1.29 is 28.5 Å². The van der Waals surface area contributed by atoms with Gasteiger partial charge in [-0.2, -0.15) is 0 Å². The standard InChI is InChI=1S/C14H16O6/c1-5(15)16-4-6-7-9-10-8(6)12-17-11(7)18-13(9,2)20-14(10,3)19-12/h4,7-12H,1-3H3. The molecule has 8 unspecified atom stereocenters. The molecule has 0 aromatic rings. The number of ether oxygens (including phenoxy) is 5. The van der Waals surface area contributed by atoms with Crippen LogP contribution < -0.4 is 0 Å². The highest BCUT2D eigenvalue weighted by Gasteiger charge is 2.81. The van der Waals surface area contributed by atoms with Crippen LogP contribution in [0.5, 0.6) is 0 Å². The SMILES string of the molecule is CC(=O)OC=C1C2C3OC4OC5(C)OC(C)(O3)C2C5C14. The fourth-order valence-electron chi connectivity index (χ4n) is 5.06. The third kappa shape index (κ3) is 1.07. The minimum atomic E-state index is -0.676. The zero-order valence-corrected chi connectivity index (χ0v) is 11.5. The molecule has 20 heavy (non-hydrogen) atoms. The van der Waals surface area contributed by atoms with E-state index < -0.39 is 11.6 Å². The van der Waals surface area contributed by atoms with Gasteiger partial charge >= 0.3 is 5.97 Å². The molecular formula is C14H16O6. The van der Waals surface area contributed by atoms with Crippen LogP contribution in [0.15, 0.2) is 11.8 Å². The Bertz CT molecular complexity index is 522. The van der Waals surface area contributed by atoms with Crippen LogP contribution in [0.1, 0.15) is 20.8 Å². The molecule has 0 amide bonds. The third-order valence-electron chi connectivity index (χ3n) is 5.46. The van der Waals surface area contributed by atoms with Crippen LogP contribution in [0.25, 0.3) is 0 Å². The number of rotatable bonds is 1. The molecule has 108 valence electrons. The Morgan fingerprint density at radius 3 is 2.20 bits per heavy atom. The Kier molecular flexibility index (Phi) is 1.82. The second kappa shape index (κ2) is 3.11. The van der Waals surface area contributed by atoms with Crippen molar-refractivity contribution in [3.63, 3.8) is 0 Å². The number of carbonyl (C=O) groups is 1. The van der Waals surface area contributed by atoms with Gasteiger partial charge in [0.15, 0.2) is 24.2 Å². The molecule has 0 N–H and O–H groups in total. The van der Waals surface area contributed by atoms with Gasteiger partial charge in [0.05, 0.1) is 6.26 Å². The predicted molar refractivity (Wildman–Crippen MR) is 62.5 cm³/mol. The first-order valence-corrected chi connectivity index (χ1v) is 7.01. The van der Waals surface area contributed by atoms with E-state index in [1.165, 1.54) is 6.92 Å². The smallest absolute Gasteiger partial charge is 0.307 e. The Hall–Kier alpha value is -0.950. The molecule has 5 aliphatic rings. The summed E-state index contributed by atoms with van der Waals surface area (Å²) in [6.45, 7) is 5.30. The van der Waals surface area contributed by atoms with Gasteiger partial charge in [0.1, 0.15) is 0 Å². The third-order valence-corrected chi connectivity index (χ3v) is 5.46. The van der Waals surface area contributed by atoms with Gasteiger partial charge < -0.3 is 23.7 Å². The van der Waals surface area contributed by atoms with E-state index in [1.807, 2.05) is 13.8 Å². The van der Waals surface area contributed by atoms with Crippen molar-refractivity contribution in [1.82, 2.24) is 0 Å². The lowest BCUT2D eigenvalue weighted by Crippen LogP contribution is -2.43. The quantitative estimate of drug-likeness (QED) is 0.530. The number of carbonyl (C=O) groups excluding carboxylic acids is 1. The number of hydrogen-bond acceptors (Lipinski definition) is 6. The van der Waals surface area contributed by atoms with E-state index in [0.29, 0.717) is 0 Å². The Morgan fingerprint density at radius 2 is 1.70 bits per heavy atom. The average Bonchev–Trinajstić information content (AvgIpc) is 2.91. The molecule has 5 rings (SSSR count). The van der Waals surface area contributed by atoms with Crippen LogP contribution in [0.3, 0.4) is 0 Å². The maximum absolute atomic E-state index is 11.1. The molecule has 1 saturated carbocycles. The van der Waals surface area contributed by atoms with Crippen LogP contribution in [-0.4, -0.2) is 30.1 Å². The Labute approximate surface area is 115 Å². The van der Waals surface area contributed by atoms with Gasteiger partial charge in [0.2, 0.25) is 0 Å². The molecule has 0 spiro atoms. The first-order valence-electron chi connectivity index (χ1n) is 7.01. The minimum Gasteiger partial charge on any atom is -0.435 e. The molecule has 4 aliphatic heterocycles. The van der Waals surface area contributed by atoms with Gasteiger partial charge in [-0.05, 0) is 19.4 Å². The molecule has 6 nitrogen and oxygen atoms in total. The molecule has 0 aromatic carbocycles. The minimum absolute atomic E-state index is 0.0938. The summed E-state index contributed by atoms with van der Waals surface area (Å²) in [5, 5.41) is 0. The van der Waals surface area contributed by atoms with Gasteiger partial charge in [-0.1, -0.05) is 0 Å². The summed E-state index contributed by atoms with van der Waals surface area (Å²) in [5.74, 6) is -1.10. The fraction of sp³-hybridized carbons (Fsp3) is 0.786. The molecule has 6 heteroatoms. The van der Waals surface area contributed by atoms with Crippen LogP contribution in [0.4, 0.5) is 0 Å². The highest BCUT2D eigenvalue weighted by atomic mass is 16.9. The molecule has 2 bridgehead atoms. The van der Waals surface area contributed by atoms with E-state index in [9.17, 15) is 4.79 Å². The van der Waals surface area contributed by atoms with Crippen molar-refractivity contribution >= 4 is 5.97 Å². The Balaban J connectivity index is 1.66. The first-order chi connectivity index (χ1) is 9.43. The number of hydrogen-bond donors (Lipinski definition) is 0. The Morgan fingerprint density at radius 1 is 1.15 bits per heavy atom. The van der Waals surface area contributed by atoms with Gasteiger partial charge in [-0.25, -0.2) is 0 Å². The summed E-state index contributed by atoms with van der Waals surface area (Å²) in [6, 6.07) is 0. The normalized spacial score (nSPS) is 60.5. The molecule has 0 aromatic heterocycles. The molecule has 4 heterocycles. The zero-order valence-electron chi connectivity index (χ0n) is 11.5. The second-order valence-corrected chi connectivity index (χ2v) is 6.57. The lowest BCUT2D eigenvalue weighted by molar-refractivity contribution is -0.400. The van der Waals surface area contributed by atoms with Gasteiger partial charge in [0, 0.05) is 30.6 Å². The zero-order chi connectivity index (χ0) is 13.9. The lowest BCUT2D eigenvalue weighted by atomic mass is 9.83. The molecular weight excluding hydrogens is 264 g/mol. The van der Waals surface area contributed by atoms with Crippen molar-refractivity contribution in [1.29, 1.82) is 0 Å². The van der Waals surface area contributed by atoms with E-state index in [1.54, 1.807) is 6.26 Å². The van der Waals surface area contributed by atoms with Gasteiger partial charge in [0.25, 0.3) is 0 Å². The predicted octanol–water partition coefficient (Wildman–Crippen LogP) is 1.12. The van der Waals surface area contributed by atoms with Crippen LogP contribution in [0, 0.1) is 23.7 Å². The fourth-order valence-corrected chi connectivity index (χ4v) is 5.06. The van der Waals surface area contributed by atoms with Gasteiger partial charge in [-0.3, -0.25) is 4.79 Å². The van der Waals surface area contributed by atoms with Crippen molar-refractivity contribution in [3.05, 3.63) is 11.8 Å². The van der Waals surface area contributed by atoms with Crippen LogP contribution in [-0.2, 0) is 28.5 Å². The molecule has 0 radical (unpaired) electrons. The summed E-state index contributed by atoms with van der Waals surface area (Å²) in [6.07, 6.45) is 0.841. The van der Waals surface area contributed by atoms with E-state index in [4.69, 9.17) is 23.7 Å². The van der Waals surface area contributed by atoms with Crippen LogP contribution >= 0.6 is 0 Å². The second-order valence-electron chi connectivity index (χ2n) is 6.57. The van der Waals surface area contributed by atoms with E-state index >= 15 is 0 Å². The maximum atomic E-state index is 11.1. The van der Waals surface area contributed by atoms with Crippen molar-refractivity contribution in [3.8, 4) is 0 Å². The van der Waals surface area contributed by atoms with E-state index in [2.05, 4.69) is 0 Å². The van der Waals surface area contributed by atoms with Crippen molar-refractivity contribution in [2.45, 2.75) is 44.9 Å². The summed E-state index contributed by atoms with van der Waals surface area (Å²) >= 11 is 0. The first kappa shape index (κ1) is 11.7. The summed E-state index contributed by atoms with van der Waals surface area (Å²) in [4.78, 5) is 11.1. The highest BCUT2D eigenvalue weighted by Crippen LogP contribution is 2.73. The molecule has 8 atom stereocenters. The summed E-state index contributed by atoms with van der Waals surface area (Å²) < 4.78 is 29.1. The average molecular weight is 280 g/mol. The topological polar surface area (TPSA) is 63.2 Å². The summed E-state index contributed by atoms with van der Waals surface area (Å²) in [5.41, 5.74) is 1.08. The monoisotopic (exact) mass is 280 g/mol. The highest BCUT2D eigenvalue weighted by molar-refractivity contribution is 5.66. The van der Waals surface area contributed by atoms with Crippen molar-refractivity contribution in [2.75, 3.05) is 0 Å². The largest absolute Gasteiger partial charge is 0.435 e. The van der Waals surface area contributed by atoms with E-state index in [0.717, 1.165) is 5.57 Å². The van der Waals surface area contributed by atoms with Crippen LogP contribution in [0.2, 0.25) is 0 Å². The van der Waals surface area contributed by atoms with E-state index in [-0.39, 0.29) is 42.2 Å². The van der Waals surface area contributed by atoms with Crippen molar-refractivity contribution in [2.24, 2.45) is 23.7 Å². The summed E-state index contributed by atoms with van der Waals surface area (Å²) in [7, 11) is 0. The lowest BCUT2D eigenvalue weighted by Gasteiger charge is -2.36. The molecule has 4 saturated heterocycles.